The van der Waals surface area contributed by atoms with Crippen molar-refractivity contribution in [1.82, 2.24) is 0 Å². The third-order valence-corrected chi connectivity index (χ3v) is 2.69. The summed E-state index contributed by atoms with van der Waals surface area (Å²) in [6.07, 6.45) is 2.31. The van der Waals surface area contributed by atoms with Crippen molar-refractivity contribution in [3.63, 3.8) is 0 Å². The number of carbonyl (C=O) groups is 2. The van der Waals surface area contributed by atoms with Crippen LogP contribution in [-0.2, 0) is 17.6 Å². The van der Waals surface area contributed by atoms with Crippen molar-refractivity contribution in [2.75, 3.05) is 0 Å². The lowest BCUT2D eigenvalue weighted by atomic mass is 9.94. The van der Waals surface area contributed by atoms with Gasteiger partial charge in [-0.25, -0.2) is 0 Å². The molecule has 0 saturated carbocycles. The molecular weight excluding hydrogens is 204 g/mol. The highest BCUT2D eigenvalue weighted by Gasteiger charge is 2.08. The molecule has 1 N–H and O–H groups in total. The quantitative estimate of drug-likeness (QED) is 0.775. The number of rotatable bonds is 5. The zero-order chi connectivity index (χ0) is 12.1. The molecule has 0 spiro atoms. The minimum absolute atomic E-state index is 0.133. The fourth-order valence-electron chi connectivity index (χ4n) is 1.89. The fraction of sp³-hybridized carbons (Fsp3) is 0.385. The Hall–Kier alpha value is -1.64. The van der Waals surface area contributed by atoms with E-state index in [-0.39, 0.29) is 6.42 Å². The van der Waals surface area contributed by atoms with E-state index in [0.29, 0.717) is 12.0 Å². The Kier molecular flexibility index (Phi) is 4.23. The number of carboxylic acid groups (broad SMARTS) is 1. The molecule has 0 fully saturated rings. The van der Waals surface area contributed by atoms with Crippen LogP contribution in [0.5, 0.6) is 0 Å². The number of hydrogen-bond acceptors (Lipinski definition) is 2. The molecule has 0 atom stereocenters. The molecule has 0 aliphatic heterocycles. The van der Waals surface area contributed by atoms with Crippen LogP contribution in [-0.4, -0.2) is 17.4 Å². The summed E-state index contributed by atoms with van der Waals surface area (Å²) in [6, 6.07) is 3.65. The maximum Gasteiger partial charge on any atom is 0.303 e. The van der Waals surface area contributed by atoms with Gasteiger partial charge in [-0.3, -0.25) is 9.59 Å². The Balaban J connectivity index is 3.06. The summed E-state index contributed by atoms with van der Waals surface area (Å²) < 4.78 is 0. The number of benzene rings is 1. The van der Waals surface area contributed by atoms with Gasteiger partial charge >= 0.3 is 5.97 Å². The fourth-order valence-corrected chi connectivity index (χ4v) is 1.89. The number of carbonyl (C=O) groups excluding carboxylic acids is 1. The van der Waals surface area contributed by atoms with Gasteiger partial charge in [0.1, 0.15) is 6.29 Å². The molecule has 16 heavy (non-hydrogen) atoms. The van der Waals surface area contributed by atoms with Crippen molar-refractivity contribution in [1.29, 1.82) is 0 Å². The molecule has 0 aliphatic rings. The van der Waals surface area contributed by atoms with Crippen LogP contribution in [0, 0.1) is 6.92 Å². The molecule has 0 bridgehead atoms. The average molecular weight is 220 g/mol. The highest BCUT2D eigenvalue weighted by molar-refractivity contribution is 5.76. The number of carboxylic acids is 1. The normalized spacial score (nSPS) is 10.1. The molecule has 0 amide bonds. The van der Waals surface area contributed by atoms with E-state index >= 15 is 0 Å². The summed E-state index contributed by atoms with van der Waals surface area (Å²) in [5.41, 5.74) is 3.80. The monoisotopic (exact) mass is 220 g/mol. The highest BCUT2D eigenvalue weighted by Crippen LogP contribution is 2.19. The summed E-state index contributed by atoms with van der Waals surface area (Å²) in [5.74, 6) is -0.791. The van der Waals surface area contributed by atoms with Gasteiger partial charge in [0.15, 0.2) is 0 Å². The first-order chi connectivity index (χ1) is 7.58. The first-order valence-electron chi connectivity index (χ1n) is 5.37. The summed E-state index contributed by atoms with van der Waals surface area (Å²) in [6.45, 7) is 3.93. The first-order valence-corrected chi connectivity index (χ1v) is 5.37. The molecule has 1 aromatic carbocycles. The average Bonchev–Trinajstić information content (AvgIpc) is 2.26. The van der Waals surface area contributed by atoms with Crippen molar-refractivity contribution < 1.29 is 14.7 Å². The van der Waals surface area contributed by atoms with Crippen LogP contribution in [0.15, 0.2) is 12.1 Å². The van der Waals surface area contributed by atoms with Gasteiger partial charge in [-0.05, 0) is 48.6 Å². The third-order valence-electron chi connectivity index (χ3n) is 2.69. The lowest BCUT2D eigenvalue weighted by Crippen LogP contribution is -2.03. The lowest BCUT2D eigenvalue weighted by molar-refractivity contribution is -0.136. The van der Waals surface area contributed by atoms with Crippen LogP contribution in [0.25, 0.3) is 0 Å². The predicted molar refractivity (Wildman–Crippen MR) is 61.9 cm³/mol. The van der Waals surface area contributed by atoms with Gasteiger partial charge in [0.25, 0.3) is 0 Å². The molecule has 86 valence electrons. The van der Waals surface area contributed by atoms with Crippen LogP contribution in [0.1, 0.15) is 40.4 Å². The van der Waals surface area contributed by atoms with E-state index in [4.69, 9.17) is 5.11 Å². The molecule has 1 rings (SSSR count). The maximum absolute atomic E-state index is 10.7. The smallest absolute Gasteiger partial charge is 0.303 e. The number of aldehydes is 1. The first kappa shape index (κ1) is 12.4. The second kappa shape index (κ2) is 5.45. The van der Waals surface area contributed by atoms with Crippen molar-refractivity contribution in [2.24, 2.45) is 0 Å². The number of hydrogen-bond donors (Lipinski definition) is 1. The van der Waals surface area contributed by atoms with E-state index in [1.54, 1.807) is 0 Å². The predicted octanol–water partition coefficient (Wildman–Crippen LogP) is 2.39. The number of aryl methyl sites for hydroxylation is 2. The standard InChI is InChI=1S/C13H16O3/c1-3-11-7-10(8-14)6-9(2)12(11)4-5-13(15)16/h6-8H,3-5H2,1-2H3,(H,15,16). The van der Waals surface area contributed by atoms with E-state index in [2.05, 4.69) is 0 Å². The molecular formula is C13H16O3. The molecule has 0 aromatic heterocycles. The van der Waals surface area contributed by atoms with E-state index in [9.17, 15) is 9.59 Å². The van der Waals surface area contributed by atoms with Crippen LogP contribution in [0.2, 0.25) is 0 Å². The molecule has 1 aromatic rings. The van der Waals surface area contributed by atoms with Gasteiger partial charge in [-0.1, -0.05) is 6.92 Å². The van der Waals surface area contributed by atoms with Gasteiger partial charge in [-0.15, -0.1) is 0 Å². The molecule has 0 saturated heterocycles. The van der Waals surface area contributed by atoms with Crippen molar-refractivity contribution in [3.8, 4) is 0 Å². The molecule has 0 aliphatic carbocycles. The summed E-state index contributed by atoms with van der Waals surface area (Å²) >= 11 is 0. The lowest BCUT2D eigenvalue weighted by Gasteiger charge is -2.11. The summed E-state index contributed by atoms with van der Waals surface area (Å²) in [7, 11) is 0. The second-order valence-corrected chi connectivity index (χ2v) is 3.84. The topological polar surface area (TPSA) is 54.4 Å². The minimum Gasteiger partial charge on any atom is -0.481 e. The van der Waals surface area contributed by atoms with Crippen molar-refractivity contribution >= 4 is 12.3 Å². The third kappa shape index (κ3) is 2.92. The second-order valence-electron chi connectivity index (χ2n) is 3.84. The van der Waals surface area contributed by atoms with E-state index in [0.717, 1.165) is 29.4 Å². The maximum atomic E-state index is 10.7. The molecule has 0 unspecified atom stereocenters. The van der Waals surface area contributed by atoms with E-state index < -0.39 is 5.97 Å². The Morgan fingerprint density at radius 1 is 1.44 bits per heavy atom. The van der Waals surface area contributed by atoms with Gasteiger partial charge in [0, 0.05) is 12.0 Å². The molecule has 3 nitrogen and oxygen atoms in total. The zero-order valence-electron chi connectivity index (χ0n) is 9.62. The SMILES string of the molecule is CCc1cc(C=O)cc(C)c1CCC(=O)O. The van der Waals surface area contributed by atoms with Gasteiger partial charge in [0.05, 0.1) is 0 Å². The zero-order valence-corrected chi connectivity index (χ0v) is 9.62. The highest BCUT2D eigenvalue weighted by atomic mass is 16.4. The Morgan fingerprint density at radius 3 is 2.62 bits per heavy atom. The van der Waals surface area contributed by atoms with Crippen LogP contribution < -0.4 is 0 Å². The van der Waals surface area contributed by atoms with Crippen LogP contribution >= 0.6 is 0 Å². The Morgan fingerprint density at radius 2 is 2.12 bits per heavy atom. The van der Waals surface area contributed by atoms with Crippen molar-refractivity contribution in [3.05, 3.63) is 34.4 Å². The summed E-state index contributed by atoms with van der Waals surface area (Å²) in [4.78, 5) is 21.3. The van der Waals surface area contributed by atoms with Gasteiger partial charge in [-0.2, -0.15) is 0 Å². The van der Waals surface area contributed by atoms with Crippen LogP contribution in [0.4, 0.5) is 0 Å². The Labute approximate surface area is 95.1 Å². The Bertz CT molecular complexity index is 408. The van der Waals surface area contributed by atoms with Gasteiger partial charge < -0.3 is 5.11 Å². The molecule has 0 radical (unpaired) electrons. The summed E-state index contributed by atoms with van der Waals surface area (Å²) in [5, 5.41) is 8.67. The molecule has 3 heteroatoms. The van der Waals surface area contributed by atoms with E-state index in [1.165, 1.54) is 0 Å². The van der Waals surface area contributed by atoms with Gasteiger partial charge in [0.2, 0.25) is 0 Å². The largest absolute Gasteiger partial charge is 0.481 e. The minimum atomic E-state index is -0.791. The molecule has 0 heterocycles. The van der Waals surface area contributed by atoms with Crippen LogP contribution in [0.3, 0.4) is 0 Å². The number of aliphatic carboxylic acids is 1. The van der Waals surface area contributed by atoms with E-state index in [1.807, 2.05) is 26.0 Å². The van der Waals surface area contributed by atoms with Crippen molar-refractivity contribution in [2.45, 2.75) is 33.1 Å².